The Morgan fingerprint density at radius 1 is 1.18 bits per heavy atom. The summed E-state index contributed by atoms with van der Waals surface area (Å²) < 4.78 is 5.61. The Kier molecular flexibility index (Phi) is 6.13. The molecule has 148 valence electrons. The van der Waals surface area contributed by atoms with E-state index in [4.69, 9.17) is 4.74 Å². The molecule has 2 atom stereocenters. The molecular formula is C21H25N3O4. The first-order valence-corrected chi connectivity index (χ1v) is 9.45. The van der Waals surface area contributed by atoms with E-state index in [2.05, 4.69) is 24.1 Å². The number of pyridine rings is 1. The van der Waals surface area contributed by atoms with E-state index < -0.39 is 5.91 Å². The molecule has 7 heteroatoms. The molecule has 3 rings (SSSR count). The molecule has 1 aromatic heterocycles. The highest BCUT2D eigenvalue weighted by molar-refractivity contribution is 6.04. The van der Waals surface area contributed by atoms with Gasteiger partial charge in [0.15, 0.2) is 18.2 Å². The van der Waals surface area contributed by atoms with Gasteiger partial charge in [0.05, 0.1) is 0 Å². The Balaban J connectivity index is 1.56. The van der Waals surface area contributed by atoms with E-state index in [9.17, 15) is 14.7 Å². The van der Waals surface area contributed by atoms with Gasteiger partial charge in [-0.05, 0) is 69.5 Å². The van der Waals surface area contributed by atoms with Crippen molar-refractivity contribution in [3.8, 4) is 11.5 Å². The third-order valence-electron chi connectivity index (χ3n) is 4.98. The Morgan fingerprint density at radius 3 is 2.50 bits per heavy atom. The number of anilines is 1. The summed E-state index contributed by atoms with van der Waals surface area (Å²) in [5, 5.41) is 12.2. The lowest BCUT2D eigenvalue weighted by Crippen LogP contribution is -2.49. The molecule has 1 aromatic carbocycles. The van der Waals surface area contributed by atoms with E-state index in [0.717, 1.165) is 19.3 Å². The molecule has 0 bridgehead atoms. The summed E-state index contributed by atoms with van der Waals surface area (Å²) in [5.41, 5.74) is 0.391. The first kappa shape index (κ1) is 19.7. The largest absolute Gasteiger partial charge is 0.504 e. The average molecular weight is 383 g/mol. The van der Waals surface area contributed by atoms with Crippen molar-refractivity contribution in [3.63, 3.8) is 0 Å². The summed E-state index contributed by atoms with van der Waals surface area (Å²) in [6, 6.07) is 9.96. The number of amides is 2. The maximum atomic E-state index is 12.5. The molecule has 2 amide bonds. The van der Waals surface area contributed by atoms with Crippen molar-refractivity contribution in [2.45, 2.75) is 45.2 Å². The molecule has 0 saturated carbocycles. The molecule has 0 aliphatic carbocycles. The van der Waals surface area contributed by atoms with Crippen LogP contribution >= 0.6 is 0 Å². The van der Waals surface area contributed by atoms with Gasteiger partial charge >= 0.3 is 0 Å². The summed E-state index contributed by atoms with van der Waals surface area (Å²) in [7, 11) is 0. The summed E-state index contributed by atoms with van der Waals surface area (Å²) in [4.78, 5) is 30.6. The third-order valence-corrected chi connectivity index (χ3v) is 4.98. The summed E-state index contributed by atoms with van der Waals surface area (Å²) >= 11 is 0. The number of nitrogens with one attached hydrogen (secondary N) is 1. The number of piperidine rings is 1. The van der Waals surface area contributed by atoms with Crippen LogP contribution in [0.4, 0.5) is 5.82 Å². The van der Waals surface area contributed by atoms with Gasteiger partial charge in [-0.3, -0.25) is 9.59 Å². The van der Waals surface area contributed by atoms with Gasteiger partial charge in [-0.15, -0.1) is 0 Å². The SMILES string of the molecule is CC1CCCC(C)N1C(=O)COc1ccc(C(=O)Nc2ncccc2O)cc1. The van der Waals surface area contributed by atoms with Gasteiger partial charge < -0.3 is 20.1 Å². The van der Waals surface area contributed by atoms with Gasteiger partial charge in [-0.25, -0.2) is 4.98 Å². The molecule has 2 N–H and O–H groups in total. The lowest BCUT2D eigenvalue weighted by molar-refractivity contribution is -0.139. The summed E-state index contributed by atoms with van der Waals surface area (Å²) in [6.07, 6.45) is 4.66. The van der Waals surface area contributed by atoms with Gasteiger partial charge in [0, 0.05) is 23.8 Å². The number of carbonyl (C=O) groups excluding carboxylic acids is 2. The van der Waals surface area contributed by atoms with E-state index in [0.29, 0.717) is 11.3 Å². The number of hydrogen-bond donors (Lipinski definition) is 2. The van der Waals surface area contributed by atoms with Crippen molar-refractivity contribution < 1.29 is 19.4 Å². The number of rotatable bonds is 5. The minimum atomic E-state index is -0.396. The molecule has 1 saturated heterocycles. The number of hydrogen-bond acceptors (Lipinski definition) is 5. The number of carbonyl (C=O) groups is 2. The van der Waals surface area contributed by atoms with Crippen molar-refractivity contribution in [3.05, 3.63) is 48.2 Å². The Morgan fingerprint density at radius 2 is 1.86 bits per heavy atom. The summed E-state index contributed by atoms with van der Waals surface area (Å²) in [5.74, 6) is 0.0984. The highest BCUT2D eigenvalue weighted by Gasteiger charge is 2.28. The monoisotopic (exact) mass is 383 g/mol. The van der Waals surface area contributed by atoms with Crippen molar-refractivity contribution in [1.29, 1.82) is 0 Å². The van der Waals surface area contributed by atoms with E-state index in [1.165, 1.54) is 12.3 Å². The molecule has 1 fully saturated rings. The van der Waals surface area contributed by atoms with Gasteiger partial charge in [-0.2, -0.15) is 0 Å². The first-order chi connectivity index (χ1) is 13.5. The lowest BCUT2D eigenvalue weighted by atomic mass is 9.97. The Labute approximate surface area is 164 Å². The molecule has 0 spiro atoms. The van der Waals surface area contributed by atoms with E-state index in [-0.39, 0.29) is 36.2 Å². The first-order valence-electron chi connectivity index (χ1n) is 9.45. The second-order valence-electron chi connectivity index (χ2n) is 7.07. The maximum Gasteiger partial charge on any atom is 0.260 e. The predicted molar refractivity (Wildman–Crippen MR) is 105 cm³/mol. The van der Waals surface area contributed by atoms with Crippen LogP contribution in [-0.2, 0) is 4.79 Å². The third kappa shape index (κ3) is 4.60. The second-order valence-corrected chi connectivity index (χ2v) is 7.07. The minimum absolute atomic E-state index is 0.0212. The molecule has 2 heterocycles. The van der Waals surface area contributed by atoms with Crippen LogP contribution in [0.2, 0.25) is 0 Å². The van der Waals surface area contributed by atoms with Crippen molar-refractivity contribution >= 4 is 17.6 Å². The van der Waals surface area contributed by atoms with Gasteiger partial charge in [0.1, 0.15) is 5.75 Å². The molecule has 2 unspecified atom stereocenters. The van der Waals surface area contributed by atoms with Crippen molar-refractivity contribution in [2.75, 3.05) is 11.9 Å². The second kappa shape index (κ2) is 8.73. The van der Waals surface area contributed by atoms with Crippen molar-refractivity contribution in [1.82, 2.24) is 9.88 Å². The van der Waals surface area contributed by atoms with Crippen LogP contribution in [0, 0.1) is 0 Å². The molecule has 1 aliphatic rings. The standard InChI is InChI=1S/C21H25N3O4/c1-14-5-3-6-15(2)24(14)19(26)13-28-17-10-8-16(9-11-17)21(27)23-20-18(25)7-4-12-22-20/h4,7-12,14-15,25H,3,5-6,13H2,1-2H3,(H,22,23,27). The van der Waals surface area contributed by atoms with Crippen molar-refractivity contribution in [2.24, 2.45) is 0 Å². The number of aromatic nitrogens is 1. The number of ether oxygens (including phenoxy) is 1. The zero-order chi connectivity index (χ0) is 20.1. The quantitative estimate of drug-likeness (QED) is 0.827. The highest BCUT2D eigenvalue weighted by Crippen LogP contribution is 2.23. The normalized spacial score (nSPS) is 19.1. The van der Waals surface area contributed by atoms with Crippen LogP contribution in [-0.4, -0.2) is 45.5 Å². The van der Waals surface area contributed by atoms with E-state index >= 15 is 0 Å². The zero-order valence-electron chi connectivity index (χ0n) is 16.1. The topological polar surface area (TPSA) is 91.8 Å². The molecule has 28 heavy (non-hydrogen) atoms. The predicted octanol–water partition coefficient (Wildman–Crippen LogP) is 3.21. The fraction of sp³-hybridized carbons (Fsp3) is 0.381. The minimum Gasteiger partial charge on any atom is -0.504 e. The van der Waals surface area contributed by atoms with Gasteiger partial charge in [-0.1, -0.05) is 0 Å². The summed E-state index contributed by atoms with van der Waals surface area (Å²) in [6.45, 7) is 4.11. The lowest BCUT2D eigenvalue weighted by Gasteiger charge is -2.38. The van der Waals surface area contributed by atoms with Crippen LogP contribution < -0.4 is 10.1 Å². The molecule has 1 aliphatic heterocycles. The number of nitrogens with zero attached hydrogens (tertiary/aromatic N) is 2. The number of aromatic hydroxyl groups is 1. The molecular weight excluding hydrogens is 358 g/mol. The number of benzene rings is 1. The molecule has 2 aromatic rings. The molecule has 0 radical (unpaired) electrons. The van der Waals surface area contributed by atoms with Crippen LogP contribution in [0.5, 0.6) is 11.5 Å². The number of likely N-dealkylation sites (tertiary alicyclic amines) is 1. The van der Waals surface area contributed by atoms with Gasteiger partial charge in [0.25, 0.3) is 11.8 Å². The van der Waals surface area contributed by atoms with E-state index in [1.807, 2.05) is 4.90 Å². The smallest absolute Gasteiger partial charge is 0.260 e. The maximum absolute atomic E-state index is 12.5. The zero-order valence-corrected chi connectivity index (χ0v) is 16.1. The Bertz CT molecular complexity index is 828. The Hall–Kier alpha value is -3.09. The van der Waals surface area contributed by atoms with Crippen LogP contribution in [0.1, 0.15) is 43.5 Å². The average Bonchev–Trinajstić information content (AvgIpc) is 2.68. The van der Waals surface area contributed by atoms with Crippen LogP contribution in [0.15, 0.2) is 42.6 Å². The fourth-order valence-corrected chi connectivity index (χ4v) is 3.51. The van der Waals surface area contributed by atoms with E-state index in [1.54, 1.807) is 30.3 Å². The van der Waals surface area contributed by atoms with Crippen LogP contribution in [0.3, 0.4) is 0 Å². The fourth-order valence-electron chi connectivity index (χ4n) is 3.51. The molecule has 7 nitrogen and oxygen atoms in total. The van der Waals surface area contributed by atoms with Gasteiger partial charge in [0.2, 0.25) is 0 Å². The van der Waals surface area contributed by atoms with Crippen LogP contribution in [0.25, 0.3) is 0 Å². The highest BCUT2D eigenvalue weighted by atomic mass is 16.5.